The molecule has 32 heavy (non-hydrogen) atoms. The minimum absolute atomic E-state index is 0.166. The number of carbonyl (C=O) groups excluding carboxylic acids is 1. The van der Waals surface area contributed by atoms with Crippen LogP contribution in [0.5, 0.6) is 0 Å². The third-order valence-electron chi connectivity index (χ3n) is 5.51. The lowest BCUT2D eigenvalue weighted by molar-refractivity contribution is 0.102. The number of anilines is 4. The maximum atomic E-state index is 13.1. The van der Waals surface area contributed by atoms with Gasteiger partial charge in [-0.1, -0.05) is 36.4 Å². The van der Waals surface area contributed by atoms with Crippen molar-refractivity contribution < 1.29 is 9.53 Å². The number of nitrogens with zero attached hydrogens (tertiary/aromatic N) is 2. The average Bonchev–Trinajstić information content (AvgIpc) is 2.85. The molecule has 0 spiro atoms. The molecule has 0 unspecified atom stereocenters. The Labute approximate surface area is 186 Å². The fourth-order valence-electron chi connectivity index (χ4n) is 3.87. The van der Waals surface area contributed by atoms with Crippen LogP contribution in [0.2, 0.25) is 0 Å². The molecule has 1 amide bonds. The number of hydrogen-bond donors (Lipinski definition) is 2. The van der Waals surface area contributed by atoms with Crippen molar-refractivity contribution in [2.24, 2.45) is 0 Å². The van der Waals surface area contributed by atoms with Gasteiger partial charge in [-0.15, -0.1) is 0 Å². The number of hydrogen-bond acceptors (Lipinski definition) is 5. The van der Waals surface area contributed by atoms with Gasteiger partial charge >= 0.3 is 0 Å². The highest BCUT2D eigenvalue weighted by Gasteiger charge is 2.14. The molecule has 1 aliphatic heterocycles. The predicted octanol–water partition coefficient (Wildman–Crippen LogP) is 5.07. The first-order valence-electron chi connectivity index (χ1n) is 10.7. The van der Waals surface area contributed by atoms with Gasteiger partial charge in [0.25, 0.3) is 5.91 Å². The minimum atomic E-state index is -0.166. The normalized spacial score (nSPS) is 13.7. The Balaban J connectivity index is 1.41. The van der Waals surface area contributed by atoms with E-state index in [0.717, 1.165) is 48.6 Å². The largest absolute Gasteiger partial charge is 0.378 e. The molecule has 1 aromatic heterocycles. The summed E-state index contributed by atoms with van der Waals surface area (Å²) in [5, 5.41) is 7.14. The summed E-state index contributed by atoms with van der Waals surface area (Å²) < 4.78 is 5.43. The molecule has 0 radical (unpaired) electrons. The van der Waals surface area contributed by atoms with Gasteiger partial charge in [-0.3, -0.25) is 4.79 Å². The van der Waals surface area contributed by atoms with Crippen molar-refractivity contribution >= 4 is 39.7 Å². The maximum Gasteiger partial charge on any atom is 0.256 e. The standard InChI is InChI=1S/C26H24N4O2/c31-26(28-19-6-2-1-3-7-19)23-18-25(29-24-9-5-4-8-22(23)24)27-20-10-12-21(13-11-20)30-14-16-32-17-15-30/h1-13,18H,14-17H2,(H,27,29)(H,28,31). The molecule has 0 saturated carbocycles. The van der Waals surface area contributed by atoms with Crippen LogP contribution in [0.1, 0.15) is 10.4 Å². The second kappa shape index (κ2) is 9.08. The SMILES string of the molecule is O=C(Nc1ccccc1)c1cc(Nc2ccc(N3CCOCC3)cc2)nc2ccccc12. The third-order valence-corrected chi connectivity index (χ3v) is 5.51. The number of aromatic nitrogens is 1. The summed E-state index contributed by atoms with van der Waals surface area (Å²) >= 11 is 0. The van der Waals surface area contributed by atoms with Crippen molar-refractivity contribution in [1.82, 2.24) is 4.98 Å². The second-order valence-electron chi connectivity index (χ2n) is 7.66. The van der Waals surface area contributed by atoms with Crippen LogP contribution in [0.4, 0.5) is 22.9 Å². The molecule has 0 atom stereocenters. The van der Waals surface area contributed by atoms with Gasteiger partial charge in [-0.05, 0) is 48.5 Å². The summed E-state index contributed by atoms with van der Waals surface area (Å²) in [6, 6.07) is 27.2. The van der Waals surface area contributed by atoms with Gasteiger partial charge in [0.15, 0.2) is 0 Å². The lowest BCUT2D eigenvalue weighted by atomic mass is 10.1. The molecule has 6 nitrogen and oxygen atoms in total. The molecular formula is C26H24N4O2. The van der Waals surface area contributed by atoms with E-state index < -0.39 is 0 Å². The zero-order chi connectivity index (χ0) is 21.8. The molecule has 0 bridgehead atoms. The monoisotopic (exact) mass is 424 g/mol. The Morgan fingerprint density at radius 1 is 0.844 bits per heavy atom. The third kappa shape index (κ3) is 4.40. The molecule has 0 aliphatic carbocycles. The Morgan fingerprint density at radius 3 is 2.34 bits per heavy atom. The molecule has 2 N–H and O–H groups in total. The fourth-order valence-corrected chi connectivity index (χ4v) is 3.87. The van der Waals surface area contributed by atoms with Crippen LogP contribution in [0.15, 0.2) is 84.9 Å². The number of pyridine rings is 1. The highest BCUT2D eigenvalue weighted by atomic mass is 16.5. The molecule has 1 fully saturated rings. The maximum absolute atomic E-state index is 13.1. The van der Waals surface area contributed by atoms with Crippen molar-refractivity contribution in [2.75, 3.05) is 41.8 Å². The molecule has 1 saturated heterocycles. The van der Waals surface area contributed by atoms with Crippen LogP contribution in [0.25, 0.3) is 10.9 Å². The summed E-state index contributed by atoms with van der Waals surface area (Å²) in [7, 11) is 0. The van der Waals surface area contributed by atoms with Crippen molar-refractivity contribution in [3.05, 3.63) is 90.5 Å². The van der Waals surface area contributed by atoms with Crippen LogP contribution < -0.4 is 15.5 Å². The molecule has 1 aliphatic rings. The van der Waals surface area contributed by atoms with Crippen molar-refractivity contribution in [3.8, 4) is 0 Å². The van der Waals surface area contributed by atoms with Crippen molar-refractivity contribution in [1.29, 1.82) is 0 Å². The van der Waals surface area contributed by atoms with Gasteiger partial charge in [0.1, 0.15) is 5.82 Å². The van der Waals surface area contributed by atoms with E-state index in [0.29, 0.717) is 11.4 Å². The topological polar surface area (TPSA) is 66.5 Å². The van der Waals surface area contributed by atoms with Gasteiger partial charge in [0.2, 0.25) is 0 Å². The smallest absolute Gasteiger partial charge is 0.256 e. The van der Waals surface area contributed by atoms with E-state index in [1.165, 1.54) is 5.69 Å². The van der Waals surface area contributed by atoms with Crippen LogP contribution >= 0.6 is 0 Å². The van der Waals surface area contributed by atoms with Crippen molar-refractivity contribution in [2.45, 2.75) is 0 Å². The molecule has 6 heteroatoms. The first kappa shape index (κ1) is 20.0. The zero-order valence-corrected chi connectivity index (χ0v) is 17.6. The van der Waals surface area contributed by atoms with E-state index in [1.54, 1.807) is 6.07 Å². The number of carbonyl (C=O) groups is 1. The van der Waals surface area contributed by atoms with Gasteiger partial charge in [-0.25, -0.2) is 4.98 Å². The lowest BCUT2D eigenvalue weighted by Crippen LogP contribution is -2.36. The quantitative estimate of drug-likeness (QED) is 0.468. The van der Waals surface area contributed by atoms with Gasteiger partial charge in [0.05, 0.1) is 24.3 Å². The van der Waals surface area contributed by atoms with Crippen LogP contribution in [0.3, 0.4) is 0 Å². The summed E-state index contributed by atoms with van der Waals surface area (Å²) in [6.07, 6.45) is 0. The first-order valence-corrected chi connectivity index (χ1v) is 10.7. The Morgan fingerprint density at radius 2 is 1.56 bits per heavy atom. The number of amides is 1. The summed E-state index contributed by atoms with van der Waals surface area (Å²) in [6.45, 7) is 3.32. The van der Waals surface area contributed by atoms with E-state index in [2.05, 4.69) is 27.7 Å². The Kier molecular flexibility index (Phi) is 5.68. The number of nitrogens with one attached hydrogen (secondary N) is 2. The van der Waals surface area contributed by atoms with Gasteiger partial charge < -0.3 is 20.3 Å². The number of rotatable bonds is 5. The summed E-state index contributed by atoms with van der Waals surface area (Å²) in [5.74, 6) is 0.460. The molecule has 4 aromatic rings. The Hall–Kier alpha value is -3.90. The van der Waals surface area contributed by atoms with Crippen LogP contribution in [0, 0.1) is 0 Å². The van der Waals surface area contributed by atoms with Gasteiger partial charge in [0, 0.05) is 35.5 Å². The van der Waals surface area contributed by atoms with Crippen LogP contribution in [-0.2, 0) is 4.74 Å². The minimum Gasteiger partial charge on any atom is -0.378 e. The van der Waals surface area contributed by atoms with E-state index in [9.17, 15) is 4.79 Å². The summed E-state index contributed by atoms with van der Waals surface area (Å²) in [4.78, 5) is 20.1. The number of fused-ring (bicyclic) bond motifs is 1. The van der Waals surface area contributed by atoms with E-state index in [4.69, 9.17) is 9.72 Å². The number of morpholine rings is 1. The number of benzene rings is 3. The van der Waals surface area contributed by atoms with E-state index in [1.807, 2.05) is 66.7 Å². The Bertz CT molecular complexity index is 1220. The zero-order valence-electron chi connectivity index (χ0n) is 17.6. The first-order chi connectivity index (χ1) is 15.8. The highest BCUT2D eigenvalue weighted by molar-refractivity contribution is 6.13. The molecule has 2 heterocycles. The van der Waals surface area contributed by atoms with E-state index >= 15 is 0 Å². The number of ether oxygens (including phenoxy) is 1. The average molecular weight is 425 g/mol. The van der Waals surface area contributed by atoms with E-state index in [-0.39, 0.29) is 5.91 Å². The number of para-hydroxylation sites is 2. The van der Waals surface area contributed by atoms with Crippen LogP contribution in [-0.4, -0.2) is 37.2 Å². The fraction of sp³-hybridized carbons (Fsp3) is 0.154. The highest BCUT2D eigenvalue weighted by Crippen LogP contribution is 2.26. The lowest BCUT2D eigenvalue weighted by Gasteiger charge is -2.28. The van der Waals surface area contributed by atoms with Crippen molar-refractivity contribution in [3.63, 3.8) is 0 Å². The second-order valence-corrected chi connectivity index (χ2v) is 7.66. The van der Waals surface area contributed by atoms with Gasteiger partial charge in [-0.2, -0.15) is 0 Å². The molecule has 3 aromatic carbocycles. The molecule has 160 valence electrons. The molecule has 5 rings (SSSR count). The predicted molar refractivity (Wildman–Crippen MR) is 129 cm³/mol. The summed E-state index contributed by atoms with van der Waals surface area (Å²) in [5.41, 5.74) is 4.19. The molecular weight excluding hydrogens is 400 g/mol.